The van der Waals surface area contributed by atoms with Crippen molar-refractivity contribution in [1.82, 2.24) is 18.6 Å². The van der Waals surface area contributed by atoms with Crippen molar-refractivity contribution in [2.45, 2.75) is 6.92 Å². The van der Waals surface area contributed by atoms with Crippen LogP contribution in [0.15, 0.2) is 24.4 Å². The summed E-state index contributed by atoms with van der Waals surface area (Å²) in [4.78, 5) is 30.0. The predicted octanol–water partition coefficient (Wildman–Crippen LogP) is -0.0967. The maximum atomic E-state index is 12.2. The van der Waals surface area contributed by atoms with Crippen molar-refractivity contribution in [3.63, 3.8) is 0 Å². The molecule has 0 atom stereocenters. The number of rotatable bonds is 4. The molecule has 2 aromatic rings. The number of hydrogen-bond acceptors (Lipinski definition) is 6. The number of ether oxygens (including phenoxy) is 1. The van der Waals surface area contributed by atoms with Gasteiger partial charge in [0.2, 0.25) is 10.0 Å². The van der Waals surface area contributed by atoms with Gasteiger partial charge in [0.1, 0.15) is 5.65 Å². The number of carbonyl (C=O) groups excluding carboxylic acids is 2. The molecule has 1 saturated heterocycles. The van der Waals surface area contributed by atoms with Crippen molar-refractivity contribution in [1.29, 1.82) is 0 Å². The summed E-state index contributed by atoms with van der Waals surface area (Å²) >= 11 is 0. The van der Waals surface area contributed by atoms with Crippen LogP contribution in [-0.2, 0) is 19.6 Å². The molecule has 1 amide bonds. The van der Waals surface area contributed by atoms with Gasteiger partial charge >= 0.3 is 5.97 Å². The molecule has 0 N–H and O–H groups in total. The Morgan fingerprint density at radius 2 is 1.88 bits per heavy atom. The molecule has 3 rings (SSSR count). The normalized spacial score (nSPS) is 16.0. The SMILES string of the molecule is Cc1cccc2nc(C(=O)OCC(=O)N3CCN(S(C)(=O)=O)CC3)cn12. The molecule has 0 unspecified atom stereocenters. The first-order valence-electron chi connectivity index (χ1n) is 8.10. The molecule has 9 nitrogen and oxygen atoms in total. The summed E-state index contributed by atoms with van der Waals surface area (Å²) in [5.74, 6) is -1.03. The number of hydrogen-bond donors (Lipinski definition) is 0. The van der Waals surface area contributed by atoms with Gasteiger partial charge in [-0.05, 0) is 19.1 Å². The van der Waals surface area contributed by atoms with Crippen LogP contribution in [0.25, 0.3) is 5.65 Å². The first-order chi connectivity index (χ1) is 12.3. The summed E-state index contributed by atoms with van der Waals surface area (Å²) in [6.45, 7) is 2.52. The number of pyridine rings is 1. The van der Waals surface area contributed by atoms with Gasteiger partial charge < -0.3 is 14.0 Å². The van der Waals surface area contributed by atoms with E-state index in [0.717, 1.165) is 11.9 Å². The van der Waals surface area contributed by atoms with Crippen LogP contribution in [0.3, 0.4) is 0 Å². The fraction of sp³-hybridized carbons (Fsp3) is 0.438. The van der Waals surface area contributed by atoms with Crippen LogP contribution in [0.5, 0.6) is 0 Å². The van der Waals surface area contributed by atoms with Crippen molar-refractivity contribution < 1.29 is 22.7 Å². The molecule has 3 heterocycles. The second kappa shape index (κ2) is 7.04. The van der Waals surface area contributed by atoms with E-state index in [1.165, 1.54) is 9.21 Å². The number of fused-ring (bicyclic) bond motifs is 1. The van der Waals surface area contributed by atoms with Gasteiger partial charge in [-0.1, -0.05) is 6.07 Å². The minimum atomic E-state index is -3.25. The molecule has 0 spiro atoms. The van der Waals surface area contributed by atoms with Crippen LogP contribution >= 0.6 is 0 Å². The van der Waals surface area contributed by atoms with Gasteiger partial charge in [-0.2, -0.15) is 4.31 Å². The van der Waals surface area contributed by atoms with Gasteiger partial charge in [-0.15, -0.1) is 0 Å². The number of aromatic nitrogens is 2. The summed E-state index contributed by atoms with van der Waals surface area (Å²) in [6.07, 6.45) is 2.71. The molecule has 0 bridgehead atoms. The lowest BCUT2D eigenvalue weighted by Crippen LogP contribution is -2.51. The van der Waals surface area contributed by atoms with Crippen LogP contribution in [0.2, 0.25) is 0 Å². The monoisotopic (exact) mass is 380 g/mol. The number of imidazole rings is 1. The van der Waals surface area contributed by atoms with Crippen molar-refractivity contribution in [3.05, 3.63) is 35.8 Å². The smallest absolute Gasteiger partial charge is 0.359 e. The van der Waals surface area contributed by atoms with Crippen LogP contribution < -0.4 is 0 Å². The van der Waals surface area contributed by atoms with E-state index in [0.29, 0.717) is 5.65 Å². The molecular formula is C16H20N4O5S. The molecule has 0 aromatic carbocycles. The summed E-state index contributed by atoms with van der Waals surface area (Å²) in [5, 5.41) is 0. The first kappa shape index (κ1) is 18.3. The lowest BCUT2D eigenvalue weighted by Gasteiger charge is -2.33. The highest BCUT2D eigenvalue weighted by atomic mass is 32.2. The molecule has 1 aliphatic heterocycles. The lowest BCUT2D eigenvalue weighted by atomic mass is 10.3. The van der Waals surface area contributed by atoms with E-state index in [1.807, 2.05) is 19.1 Å². The summed E-state index contributed by atoms with van der Waals surface area (Å²) in [6, 6.07) is 5.51. The number of piperazine rings is 1. The highest BCUT2D eigenvalue weighted by molar-refractivity contribution is 7.88. The molecule has 1 aliphatic rings. The Hall–Kier alpha value is -2.46. The Labute approximate surface area is 151 Å². The van der Waals surface area contributed by atoms with Gasteiger partial charge in [0, 0.05) is 38.1 Å². The molecule has 0 saturated carbocycles. The standard InChI is InChI=1S/C16H20N4O5S/c1-12-4-3-5-14-17-13(10-20(12)14)16(22)25-11-15(21)18-6-8-19(9-7-18)26(2,23)24/h3-5,10H,6-9,11H2,1-2H3. The molecule has 0 aliphatic carbocycles. The van der Waals surface area contributed by atoms with Crippen LogP contribution in [-0.4, -0.2) is 77.9 Å². The zero-order valence-electron chi connectivity index (χ0n) is 14.6. The highest BCUT2D eigenvalue weighted by Gasteiger charge is 2.26. The Balaban J connectivity index is 1.56. The number of sulfonamides is 1. The second-order valence-electron chi connectivity index (χ2n) is 6.14. The largest absolute Gasteiger partial charge is 0.451 e. The maximum Gasteiger partial charge on any atom is 0.359 e. The van der Waals surface area contributed by atoms with Crippen molar-refractivity contribution >= 4 is 27.5 Å². The third-order valence-corrected chi connectivity index (χ3v) is 5.60. The number of amides is 1. The van der Waals surface area contributed by atoms with E-state index >= 15 is 0 Å². The lowest BCUT2D eigenvalue weighted by molar-refractivity contribution is -0.135. The Morgan fingerprint density at radius 3 is 2.50 bits per heavy atom. The number of nitrogens with zero attached hydrogens (tertiary/aromatic N) is 4. The fourth-order valence-corrected chi connectivity index (χ4v) is 3.63. The molecule has 2 aromatic heterocycles. The Bertz CT molecular complexity index is 945. The van der Waals surface area contributed by atoms with E-state index in [4.69, 9.17) is 4.74 Å². The maximum absolute atomic E-state index is 12.2. The minimum absolute atomic E-state index is 0.133. The number of carbonyl (C=O) groups is 2. The Kier molecular flexibility index (Phi) is 4.97. The molecule has 10 heteroatoms. The van der Waals surface area contributed by atoms with Gasteiger partial charge in [0.05, 0.1) is 6.26 Å². The third kappa shape index (κ3) is 3.86. The number of aryl methyl sites for hydroxylation is 1. The summed E-state index contributed by atoms with van der Waals surface area (Å²) in [5.41, 5.74) is 1.68. The van der Waals surface area contributed by atoms with Crippen LogP contribution in [0.4, 0.5) is 0 Å². The quantitative estimate of drug-likeness (QED) is 0.687. The van der Waals surface area contributed by atoms with E-state index < -0.39 is 22.6 Å². The second-order valence-corrected chi connectivity index (χ2v) is 8.12. The molecular weight excluding hydrogens is 360 g/mol. The molecule has 140 valence electrons. The molecule has 0 radical (unpaired) electrons. The molecule has 1 fully saturated rings. The topological polar surface area (TPSA) is 101 Å². The van der Waals surface area contributed by atoms with Gasteiger partial charge in [0.15, 0.2) is 12.3 Å². The van der Waals surface area contributed by atoms with Crippen LogP contribution in [0, 0.1) is 6.92 Å². The fourth-order valence-electron chi connectivity index (χ4n) is 2.81. The minimum Gasteiger partial charge on any atom is -0.451 e. The highest BCUT2D eigenvalue weighted by Crippen LogP contribution is 2.10. The van der Waals surface area contributed by atoms with Gasteiger partial charge in [-0.25, -0.2) is 18.2 Å². The molecule has 26 heavy (non-hydrogen) atoms. The third-order valence-electron chi connectivity index (χ3n) is 4.29. The van der Waals surface area contributed by atoms with Gasteiger partial charge in [-0.3, -0.25) is 4.79 Å². The van der Waals surface area contributed by atoms with Gasteiger partial charge in [0.25, 0.3) is 5.91 Å². The summed E-state index contributed by atoms with van der Waals surface area (Å²) < 4.78 is 31.1. The van der Waals surface area contributed by atoms with E-state index in [9.17, 15) is 18.0 Å². The number of esters is 1. The van der Waals surface area contributed by atoms with Crippen molar-refractivity contribution in [2.24, 2.45) is 0 Å². The first-order valence-corrected chi connectivity index (χ1v) is 9.95. The van der Waals surface area contributed by atoms with Crippen LogP contribution in [0.1, 0.15) is 16.2 Å². The zero-order valence-corrected chi connectivity index (χ0v) is 15.4. The summed E-state index contributed by atoms with van der Waals surface area (Å²) in [7, 11) is -3.25. The van der Waals surface area contributed by atoms with E-state index in [-0.39, 0.29) is 37.8 Å². The Morgan fingerprint density at radius 1 is 1.19 bits per heavy atom. The average molecular weight is 380 g/mol. The van der Waals surface area contributed by atoms with Crippen molar-refractivity contribution in [2.75, 3.05) is 39.0 Å². The van der Waals surface area contributed by atoms with E-state index in [1.54, 1.807) is 16.7 Å². The zero-order chi connectivity index (χ0) is 18.9. The van der Waals surface area contributed by atoms with E-state index in [2.05, 4.69) is 4.98 Å². The van der Waals surface area contributed by atoms with Crippen molar-refractivity contribution in [3.8, 4) is 0 Å². The predicted molar refractivity (Wildman–Crippen MR) is 93.2 cm³/mol. The average Bonchev–Trinajstić information content (AvgIpc) is 3.04.